The predicted molar refractivity (Wildman–Crippen MR) is 72.2 cm³/mol. The zero-order valence-electron chi connectivity index (χ0n) is 10.5. The molecule has 0 aliphatic carbocycles. The van der Waals surface area contributed by atoms with Crippen LogP contribution in [0, 0.1) is 0 Å². The van der Waals surface area contributed by atoms with Crippen LogP contribution in [0.25, 0.3) is 0 Å². The van der Waals surface area contributed by atoms with Crippen molar-refractivity contribution in [1.82, 2.24) is 5.32 Å². The van der Waals surface area contributed by atoms with Crippen LogP contribution in [0.2, 0.25) is 0 Å². The third-order valence-corrected chi connectivity index (χ3v) is 2.34. The highest BCUT2D eigenvalue weighted by molar-refractivity contribution is 5.95. The maximum Gasteiger partial charge on any atom is 0.251 e. The van der Waals surface area contributed by atoms with E-state index in [1.165, 1.54) is 5.57 Å². The van der Waals surface area contributed by atoms with Crippen LogP contribution in [0.4, 0.5) is 11.4 Å². The second-order valence-electron chi connectivity index (χ2n) is 4.04. The van der Waals surface area contributed by atoms with Gasteiger partial charge in [-0.2, -0.15) is 0 Å². The minimum absolute atomic E-state index is 0.132. The van der Waals surface area contributed by atoms with E-state index in [9.17, 15) is 4.79 Å². The van der Waals surface area contributed by atoms with Gasteiger partial charge >= 0.3 is 0 Å². The van der Waals surface area contributed by atoms with Crippen LogP contribution in [0.1, 0.15) is 24.2 Å². The predicted octanol–water partition coefficient (Wildman–Crippen LogP) is 2.01. The van der Waals surface area contributed by atoms with E-state index in [1.54, 1.807) is 19.2 Å². The van der Waals surface area contributed by atoms with Gasteiger partial charge in [0.1, 0.15) is 0 Å². The molecule has 0 heterocycles. The Labute approximate surface area is 102 Å². The van der Waals surface area contributed by atoms with Gasteiger partial charge in [0.15, 0.2) is 0 Å². The number of allylic oxidation sites excluding steroid dienone is 1. The third kappa shape index (κ3) is 3.83. The fourth-order valence-electron chi connectivity index (χ4n) is 1.37. The van der Waals surface area contributed by atoms with E-state index in [1.807, 2.05) is 19.9 Å². The molecule has 1 aromatic carbocycles. The summed E-state index contributed by atoms with van der Waals surface area (Å²) >= 11 is 0. The number of hydrogen-bond donors (Lipinski definition) is 3. The van der Waals surface area contributed by atoms with E-state index >= 15 is 0 Å². The Bertz CT molecular complexity index is 434. The number of nitrogen functional groups attached to an aromatic ring is 1. The molecule has 1 amide bonds. The van der Waals surface area contributed by atoms with Crippen molar-refractivity contribution in [1.29, 1.82) is 0 Å². The van der Waals surface area contributed by atoms with E-state index in [2.05, 4.69) is 16.7 Å². The molecule has 0 saturated heterocycles. The number of carbonyl (C=O) groups is 1. The molecule has 0 saturated carbocycles. The molecule has 0 radical (unpaired) electrons. The van der Waals surface area contributed by atoms with Gasteiger partial charge < -0.3 is 16.4 Å². The maximum absolute atomic E-state index is 11.4. The highest BCUT2D eigenvalue weighted by Crippen LogP contribution is 2.19. The second-order valence-corrected chi connectivity index (χ2v) is 4.04. The van der Waals surface area contributed by atoms with E-state index in [4.69, 9.17) is 5.73 Å². The van der Waals surface area contributed by atoms with Crippen LogP contribution in [0.15, 0.2) is 29.8 Å². The number of nitrogens with two attached hydrogens (primary N) is 1. The van der Waals surface area contributed by atoms with Crippen molar-refractivity contribution in [2.75, 3.05) is 24.6 Å². The minimum Gasteiger partial charge on any atom is -0.397 e. The van der Waals surface area contributed by atoms with Gasteiger partial charge in [0.2, 0.25) is 0 Å². The number of rotatable bonds is 4. The summed E-state index contributed by atoms with van der Waals surface area (Å²) in [5.74, 6) is -0.132. The molecular formula is C13H19N3O. The van der Waals surface area contributed by atoms with Crippen LogP contribution < -0.4 is 16.4 Å². The molecule has 92 valence electrons. The average molecular weight is 233 g/mol. The first-order chi connectivity index (χ1) is 8.04. The molecule has 0 aliphatic heterocycles. The van der Waals surface area contributed by atoms with E-state index in [-0.39, 0.29) is 5.91 Å². The van der Waals surface area contributed by atoms with Crippen LogP contribution in [0.3, 0.4) is 0 Å². The van der Waals surface area contributed by atoms with E-state index in [0.717, 1.165) is 12.2 Å². The van der Waals surface area contributed by atoms with Crippen LogP contribution in [-0.2, 0) is 0 Å². The first kappa shape index (κ1) is 13.1. The first-order valence-electron chi connectivity index (χ1n) is 5.53. The van der Waals surface area contributed by atoms with Crippen molar-refractivity contribution in [3.8, 4) is 0 Å². The third-order valence-electron chi connectivity index (χ3n) is 2.34. The molecule has 0 bridgehead atoms. The molecule has 0 unspecified atom stereocenters. The molecule has 0 aliphatic rings. The van der Waals surface area contributed by atoms with Crippen LogP contribution >= 0.6 is 0 Å². The van der Waals surface area contributed by atoms with Crippen molar-refractivity contribution in [2.45, 2.75) is 13.8 Å². The van der Waals surface area contributed by atoms with E-state index in [0.29, 0.717) is 11.3 Å². The summed E-state index contributed by atoms with van der Waals surface area (Å²) in [4.78, 5) is 11.4. The number of carbonyl (C=O) groups excluding carboxylic acids is 1. The molecule has 0 fully saturated rings. The summed E-state index contributed by atoms with van der Waals surface area (Å²) in [5, 5.41) is 5.76. The lowest BCUT2D eigenvalue weighted by Crippen LogP contribution is -2.18. The SMILES string of the molecule is CNC(=O)c1ccc(NCC=C(C)C)c(N)c1. The molecule has 4 nitrogen and oxygen atoms in total. The molecule has 0 atom stereocenters. The molecule has 0 aromatic heterocycles. The van der Waals surface area contributed by atoms with Crippen LogP contribution in [0.5, 0.6) is 0 Å². The lowest BCUT2D eigenvalue weighted by Gasteiger charge is -2.09. The standard InChI is InChI=1S/C13H19N3O/c1-9(2)6-7-16-12-5-4-10(8-11(12)14)13(17)15-3/h4-6,8,16H,7,14H2,1-3H3,(H,15,17). The lowest BCUT2D eigenvalue weighted by molar-refractivity contribution is 0.0963. The van der Waals surface area contributed by atoms with Gasteiger partial charge in [-0.1, -0.05) is 11.6 Å². The van der Waals surface area contributed by atoms with E-state index < -0.39 is 0 Å². The number of hydrogen-bond acceptors (Lipinski definition) is 3. The summed E-state index contributed by atoms with van der Waals surface area (Å²) < 4.78 is 0. The molecule has 4 heteroatoms. The Kier molecular flexibility index (Phi) is 4.57. The Morgan fingerprint density at radius 3 is 2.65 bits per heavy atom. The fourth-order valence-corrected chi connectivity index (χ4v) is 1.37. The normalized spacial score (nSPS) is 9.59. The Morgan fingerprint density at radius 2 is 2.12 bits per heavy atom. The number of benzene rings is 1. The largest absolute Gasteiger partial charge is 0.397 e. The van der Waals surface area contributed by atoms with Gasteiger partial charge in [0, 0.05) is 19.2 Å². The van der Waals surface area contributed by atoms with Crippen molar-refractivity contribution in [3.05, 3.63) is 35.4 Å². The summed E-state index contributed by atoms with van der Waals surface area (Å²) in [5.41, 5.74) is 9.10. The van der Waals surface area contributed by atoms with Gasteiger partial charge in [-0.3, -0.25) is 4.79 Å². The molecular weight excluding hydrogens is 214 g/mol. The van der Waals surface area contributed by atoms with Crippen LogP contribution in [-0.4, -0.2) is 19.5 Å². The van der Waals surface area contributed by atoms with Gasteiger partial charge in [-0.15, -0.1) is 0 Å². The van der Waals surface area contributed by atoms with Gasteiger partial charge in [-0.05, 0) is 32.0 Å². The number of amides is 1. The highest BCUT2D eigenvalue weighted by Gasteiger charge is 2.05. The summed E-state index contributed by atoms with van der Waals surface area (Å²) in [6, 6.07) is 5.24. The maximum atomic E-state index is 11.4. The zero-order chi connectivity index (χ0) is 12.8. The second kappa shape index (κ2) is 5.94. The summed E-state index contributed by atoms with van der Waals surface area (Å²) in [6.07, 6.45) is 2.08. The topological polar surface area (TPSA) is 67.2 Å². The Hall–Kier alpha value is -1.97. The zero-order valence-corrected chi connectivity index (χ0v) is 10.5. The lowest BCUT2D eigenvalue weighted by atomic mass is 10.1. The Balaban J connectivity index is 2.76. The fraction of sp³-hybridized carbons (Fsp3) is 0.308. The number of anilines is 2. The molecule has 0 spiro atoms. The minimum atomic E-state index is -0.132. The first-order valence-corrected chi connectivity index (χ1v) is 5.53. The highest BCUT2D eigenvalue weighted by atomic mass is 16.1. The molecule has 1 rings (SSSR count). The number of nitrogens with one attached hydrogen (secondary N) is 2. The van der Waals surface area contributed by atoms with Gasteiger partial charge in [0.05, 0.1) is 11.4 Å². The summed E-state index contributed by atoms with van der Waals surface area (Å²) in [7, 11) is 1.60. The van der Waals surface area contributed by atoms with Gasteiger partial charge in [-0.25, -0.2) is 0 Å². The molecule has 1 aromatic rings. The van der Waals surface area contributed by atoms with Crippen molar-refractivity contribution in [2.24, 2.45) is 0 Å². The van der Waals surface area contributed by atoms with Crippen molar-refractivity contribution in [3.63, 3.8) is 0 Å². The monoisotopic (exact) mass is 233 g/mol. The Morgan fingerprint density at radius 1 is 1.41 bits per heavy atom. The van der Waals surface area contributed by atoms with Crippen molar-refractivity contribution >= 4 is 17.3 Å². The average Bonchev–Trinajstić information content (AvgIpc) is 2.29. The molecule has 4 N–H and O–H groups in total. The summed E-state index contributed by atoms with van der Waals surface area (Å²) in [6.45, 7) is 4.81. The quantitative estimate of drug-likeness (QED) is 0.550. The van der Waals surface area contributed by atoms with Gasteiger partial charge in [0.25, 0.3) is 5.91 Å². The molecule has 17 heavy (non-hydrogen) atoms. The smallest absolute Gasteiger partial charge is 0.251 e. The van der Waals surface area contributed by atoms with Crippen molar-refractivity contribution < 1.29 is 4.79 Å².